The number of hydrogen-bond donors (Lipinski definition) is 0. The molecule has 0 unspecified atom stereocenters. The smallest absolute Gasteiger partial charge is 0.145 e. The fraction of sp³-hybridized carbons (Fsp3) is 0. The Morgan fingerprint density at radius 2 is 0.833 bits per heavy atom. The molecular formula is C42H24N4S2. The van der Waals surface area contributed by atoms with E-state index in [2.05, 4.69) is 155 Å². The summed E-state index contributed by atoms with van der Waals surface area (Å²) in [6.07, 6.45) is 4.25. The van der Waals surface area contributed by atoms with Crippen LogP contribution in [0.15, 0.2) is 146 Å². The number of pyridine rings is 2. The van der Waals surface area contributed by atoms with Gasteiger partial charge in [-0.1, -0.05) is 97.1 Å². The average Bonchev–Trinajstić information content (AvgIpc) is 3.92. The van der Waals surface area contributed by atoms with Crippen molar-refractivity contribution >= 4 is 75.4 Å². The second-order valence-electron chi connectivity index (χ2n) is 12.2. The molecule has 0 amide bonds. The summed E-state index contributed by atoms with van der Waals surface area (Å²) >= 11 is 3.70. The van der Waals surface area contributed by atoms with Crippen LogP contribution in [-0.4, -0.2) is 18.8 Å². The fourth-order valence-corrected chi connectivity index (χ4v) is 10.0. The Labute approximate surface area is 282 Å². The molecule has 4 nitrogen and oxygen atoms in total. The summed E-state index contributed by atoms with van der Waals surface area (Å²) in [5.74, 6) is 1.92. The van der Waals surface area contributed by atoms with Gasteiger partial charge in [-0.05, 0) is 47.2 Å². The van der Waals surface area contributed by atoms with Gasteiger partial charge < -0.3 is 0 Å². The van der Waals surface area contributed by atoms with Crippen molar-refractivity contribution in [3.8, 4) is 43.9 Å². The van der Waals surface area contributed by atoms with Gasteiger partial charge in [-0.25, -0.2) is 9.97 Å². The van der Waals surface area contributed by atoms with E-state index in [1.165, 1.54) is 51.5 Å². The lowest BCUT2D eigenvalue weighted by molar-refractivity contribution is 1.16. The molecule has 0 radical (unpaired) electrons. The molecule has 0 saturated carbocycles. The highest BCUT2D eigenvalue weighted by molar-refractivity contribution is 7.25. The normalized spacial score (nSPS) is 12.2. The molecule has 224 valence electrons. The van der Waals surface area contributed by atoms with Gasteiger partial charge >= 0.3 is 0 Å². The lowest BCUT2D eigenvalue weighted by atomic mass is 9.93. The van der Waals surface area contributed by atoms with Crippen molar-refractivity contribution in [1.82, 2.24) is 18.8 Å². The van der Waals surface area contributed by atoms with E-state index in [0.29, 0.717) is 0 Å². The summed E-state index contributed by atoms with van der Waals surface area (Å²) in [4.78, 5) is 13.2. The minimum Gasteiger partial charge on any atom is -0.299 e. The Kier molecular flexibility index (Phi) is 5.39. The molecule has 0 fully saturated rings. The first-order chi connectivity index (χ1) is 23.8. The molecule has 0 atom stereocenters. The maximum absolute atomic E-state index is 5.39. The zero-order chi connectivity index (χ0) is 31.3. The number of rotatable bonds is 4. The van der Waals surface area contributed by atoms with Crippen LogP contribution in [0.3, 0.4) is 0 Å². The van der Waals surface area contributed by atoms with E-state index in [-0.39, 0.29) is 0 Å². The molecule has 11 rings (SSSR count). The van der Waals surface area contributed by atoms with Gasteiger partial charge in [0.2, 0.25) is 0 Å². The van der Waals surface area contributed by atoms with Gasteiger partial charge in [0.1, 0.15) is 23.0 Å². The number of fused-ring (bicyclic) bond motifs is 4. The molecule has 5 aromatic carbocycles. The Balaban J connectivity index is 1.25. The largest absolute Gasteiger partial charge is 0.299 e. The van der Waals surface area contributed by atoms with E-state index in [1.807, 2.05) is 22.7 Å². The van der Waals surface area contributed by atoms with Crippen molar-refractivity contribution in [2.45, 2.75) is 0 Å². The van der Waals surface area contributed by atoms with Gasteiger partial charge in [0, 0.05) is 54.5 Å². The molecule has 48 heavy (non-hydrogen) atoms. The third-order valence-corrected chi connectivity index (χ3v) is 11.9. The topological polar surface area (TPSA) is 34.6 Å². The van der Waals surface area contributed by atoms with E-state index in [9.17, 15) is 0 Å². The number of hydrogen-bond acceptors (Lipinski definition) is 4. The molecule has 6 aromatic heterocycles. The van der Waals surface area contributed by atoms with Crippen LogP contribution in [0.5, 0.6) is 0 Å². The summed E-state index contributed by atoms with van der Waals surface area (Å²) in [6, 6.07) is 47.3. The van der Waals surface area contributed by atoms with Gasteiger partial charge in [-0.15, -0.1) is 22.7 Å². The summed E-state index contributed by atoms with van der Waals surface area (Å²) in [6.45, 7) is 0. The summed E-state index contributed by atoms with van der Waals surface area (Å²) in [5, 5.41) is 7.74. The molecule has 0 N–H and O–H groups in total. The van der Waals surface area contributed by atoms with E-state index < -0.39 is 0 Å². The second kappa shape index (κ2) is 9.84. The molecule has 0 aliphatic carbocycles. The van der Waals surface area contributed by atoms with E-state index in [0.717, 1.165) is 45.2 Å². The number of nitrogens with zero attached hydrogens (tertiary/aromatic N) is 4. The van der Waals surface area contributed by atoms with Gasteiger partial charge in [-0.2, -0.15) is 0 Å². The average molecular weight is 649 g/mol. The first-order valence-electron chi connectivity index (χ1n) is 16.0. The van der Waals surface area contributed by atoms with Crippen molar-refractivity contribution in [3.05, 3.63) is 146 Å². The van der Waals surface area contributed by atoms with Crippen LogP contribution in [0.1, 0.15) is 0 Å². The monoisotopic (exact) mass is 648 g/mol. The van der Waals surface area contributed by atoms with Crippen LogP contribution < -0.4 is 0 Å². The van der Waals surface area contributed by atoms with E-state index >= 15 is 0 Å². The quantitative estimate of drug-likeness (QED) is 0.178. The first-order valence-corrected chi connectivity index (χ1v) is 17.6. The van der Waals surface area contributed by atoms with Crippen molar-refractivity contribution in [3.63, 3.8) is 0 Å². The molecule has 0 aliphatic heterocycles. The molecule has 0 spiro atoms. The highest BCUT2D eigenvalue weighted by Gasteiger charge is 2.27. The highest BCUT2D eigenvalue weighted by Crippen LogP contribution is 2.54. The van der Waals surface area contributed by atoms with Crippen LogP contribution >= 0.6 is 22.7 Å². The second-order valence-corrected chi connectivity index (χ2v) is 14.3. The highest BCUT2D eigenvalue weighted by atomic mass is 32.1. The van der Waals surface area contributed by atoms with Gasteiger partial charge in [0.25, 0.3) is 0 Å². The number of aromatic nitrogens is 4. The molecule has 0 bridgehead atoms. The Hall–Kier alpha value is -5.82. The van der Waals surface area contributed by atoms with Crippen molar-refractivity contribution < 1.29 is 0 Å². The molecule has 0 aliphatic rings. The fourth-order valence-electron chi connectivity index (χ4n) is 7.55. The standard InChI is InChI=1S/C42H24N4S2/c1-3-13-25(14-4-1)41-43-37(29-19-7-9-23-45(29)41)39-35-27-17-11-22-32-34(27)36(28-18-12-21-31(47-39)33(28)35)40(48-32)38-30-20-8-10-24-46(30)42(44-38)26-15-5-2-6-16-26/h1-24H. The number of thiophene rings is 2. The van der Waals surface area contributed by atoms with Crippen LogP contribution in [0.25, 0.3) is 96.7 Å². The van der Waals surface area contributed by atoms with Crippen molar-refractivity contribution in [2.75, 3.05) is 0 Å². The number of imidazole rings is 2. The third kappa shape index (κ3) is 3.53. The third-order valence-electron chi connectivity index (χ3n) is 9.56. The predicted octanol–water partition coefficient (Wildman–Crippen LogP) is 11.8. The van der Waals surface area contributed by atoms with Gasteiger partial charge in [-0.3, -0.25) is 8.80 Å². The number of benzene rings is 5. The molecule has 0 saturated heterocycles. The first kappa shape index (κ1) is 26.3. The van der Waals surface area contributed by atoms with Crippen molar-refractivity contribution in [2.24, 2.45) is 0 Å². The summed E-state index contributed by atoms with van der Waals surface area (Å²) < 4.78 is 7.01. The molecule has 6 heterocycles. The van der Waals surface area contributed by atoms with Gasteiger partial charge in [0.05, 0.1) is 20.8 Å². The Morgan fingerprint density at radius 1 is 0.396 bits per heavy atom. The summed E-state index contributed by atoms with van der Waals surface area (Å²) in [7, 11) is 0. The SMILES string of the molecule is c1ccc(-c2nc(-c3sc4cccc5c6c(-c7nc(-c8ccccc8)n8ccccc78)sc7cccc(c3c45)c76)c3ccccn23)cc1. The zero-order valence-electron chi connectivity index (χ0n) is 25.5. The molecule has 6 heteroatoms. The molecule has 11 aromatic rings. The van der Waals surface area contributed by atoms with E-state index in [1.54, 1.807) is 0 Å². The zero-order valence-corrected chi connectivity index (χ0v) is 27.1. The van der Waals surface area contributed by atoms with Crippen molar-refractivity contribution in [1.29, 1.82) is 0 Å². The lowest BCUT2D eigenvalue weighted by Crippen LogP contribution is -1.87. The Morgan fingerprint density at radius 3 is 1.29 bits per heavy atom. The van der Waals surface area contributed by atoms with Crippen LogP contribution in [0.2, 0.25) is 0 Å². The molecular weight excluding hydrogens is 625 g/mol. The van der Waals surface area contributed by atoms with Crippen LogP contribution in [-0.2, 0) is 0 Å². The van der Waals surface area contributed by atoms with Crippen LogP contribution in [0, 0.1) is 0 Å². The predicted molar refractivity (Wildman–Crippen MR) is 203 cm³/mol. The summed E-state index contributed by atoms with van der Waals surface area (Å²) in [5.41, 5.74) is 6.49. The van der Waals surface area contributed by atoms with Crippen LogP contribution in [0.4, 0.5) is 0 Å². The maximum atomic E-state index is 5.39. The minimum atomic E-state index is 0.958. The van der Waals surface area contributed by atoms with E-state index in [4.69, 9.17) is 9.97 Å². The minimum absolute atomic E-state index is 0.958. The Bertz CT molecular complexity index is 2790. The maximum Gasteiger partial charge on any atom is 0.145 e. The lowest BCUT2D eigenvalue weighted by Gasteiger charge is -2.08. The van der Waals surface area contributed by atoms with Gasteiger partial charge in [0.15, 0.2) is 0 Å².